The molecule has 24 heavy (non-hydrogen) atoms. The van der Waals surface area contributed by atoms with Crippen LogP contribution in [0.3, 0.4) is 0 Å². The van der Waals surface area contributed by atoms with Gasteiger partial charge in [0.25, 0.3) is 0 Å². The zero-order chi connectivity index (χ0) is 17.7. The Morgan fingerprint density at radius 1 is 1.25 bits per heavy atom. The molecule has 0 saturated heterocycles. The van der Waals surface area contributed by atoms with Crippen LogP contribution < -0.4 is 15.5 Å². The summed E-state index contributed by atoms with van der Waals surface area (Å²) in [5, 5.41) is 5.34. The molecule has 0 spiro atoms. The number of anilines is 1. The lowest BCUT2D eigenvalue weighted by Crippen LogP contribution is -2.43. The normalized spacial score (nSPS) is 14.5. The van der Waals surface area contributed by atoms with E-state index in [1.54, 1.807) is 0 Å². The molecule has 0 bridgehead atoms. The third-order valence-electron chi connectivity index (χ3n) is 4.44. The molecular weight excluding hydrogens is 304 g/mol. The Labute approximate surface area is 144 Å². The number of benzene rings is 1. The van der Waals surface area contributed by atoms with E-state index >= 15 is 0 Å². The Morgan fingerprint density at radius 2 is 1.96 bits per heavy atom. The van der Waals surface area contributed by atoms with E-state index in [9.17, 15) is 9.59 Å². The Hall–Kier alpha value is -2.08. The summed E-state index contributed by atoms with van der Waals surface area (Å²) in [6.45, 7) is 3.91. The van der Waals surface area contributed by atoms with E-state index in [1.165, 1.54) is 11.3 Å². The van der Waals surface area contributed by atoms with Crippen LogP contribution in [0.4, 0.5) is 5.69 Å². The lowest BCUT2D eigenvalue weighted by atomic mass is 10.0. The topological polar surface area (TPSA) is 64.7 Å². The van der Waals surface area contributed by atoms with Gasteiger partial charge in [0.2, 0.25) is 0 Å². The number of carbonyl (C=O) groups is 2. The number of nitrogens with one attached hydrogen (secondary N) is 2. The van der Waals surface area contributed by atoms with Gasteiger partial charge in [-0.15, -0.1) is 0 Å². The number of hydrogen-bond acceptors (Lipinski definition) is 4. The molecule has 0 aliphatic carbocycles. The summed E-state index contributed by atoms with van der Waals surface area (Å²) in [6, 6.07) is 6.50. The first-order valence-corrected chi connectivity index (χ1v) is 8.50. The first-order valence-electron chi connectivity index (χ1n) is 8.50. The van der Waals surface area contributed by atoms with Crippen molar-refractivity contribution in [1.82, 2.24) is 15.5 Å². The number of likely N-dealkylation sites (N-methyl/N-ethyl adjacent to an activating group) is 2. The Bertz CT molecular complexity index is 601. The summed E-state index contributed by atoms with van der Waals surface area (Å²) < 4.78 is 0. The average Bonchev–Trinajstić information content (AvgIpc) is 2.93. The molecule has 1 aliphatic heterocycles. The molecule has 0 radical (unpaired) electrons. The second kappa shape index (κ2) is 8.15. The smallest absolute Gasteiger partial charge is 0.309 e. The molecule has 1 aromatic rings. The molecule has 2 amide bonds. The van der Waals surface area contributed by atoms with Crippen molar-refractivity contribution in [3.63, 3.8) is 0 Å². The molecule has 1 aliphatic rings. The van der Waals surface area contributed by atoms with Gasteiger partial charge >= 0.3 is 11.8 Å². The SMILES string of the molecule is CCCNC(=O)C(=O)NC[C@@H](c1ccc2c(c1)CCN2C)N(C)C. The van der Waals surface area contributed by atoms with E-state index in [-0.39, 0.29) is 6.04 Å². The Kier molecular flexibility index (Phi) is 6.20. The second-order valence-electron chi connectivity index (χ2n) is 6.51. The zero-order valence-electron chi connectivity index (χ0n) is 15.1. The first-order chi connectivity index (χ1) is 11.4. The Morgan fingerprint density at radius 3 is 2.62 bits per heavy atom. The van der Waals surface area contributed by atoms with Gasteiger partial charge < -0.3 is 20.4 Å². The largest absolute Gasteiger partial charge is 0.374 e. The van der Waals surface area contributed by atoms with E-state index in [0.29, 0.717) is 13.1 Å². The molecule has 0 unspecified atom stereocenters. The van der Waals surface area contributed by atoms with Crippen LogP contribution in [0.5, 0.6) is 0 Å². The van der Waals surface area contributed by atoms with Crippen LogP contribution in [0.2, 0.25) is 0 Å². The first kappa shape index (κ1) is 18.3. The highest BCUT2D eigenvalue weighted by atomic mass is 16.2. The van der Waals surface area contributed by atoms with Gasteiger partial charge in [-0.25, -0.2) is 0 Å². The molecule has 0 aromatic heterocycles. The minimum atomic E-state index is -0.573. The van der Waals surface area contributed by atoms with Crippen molar-refractivity contribution in [2.75, 3.05) is 45.7 Å². The quantitative estimate of drug-likeness (QED) is 0.761. The van der Waals surface area contributed by atoms with Crippen LogP contribution in [0, 0.1) is 0 Å². The maximum absolute atomic E-state index is 11.9. The van der Waals surface area contributed by atoms with Gasteiger partial charge in [-0.1, -0.05) is 19.1 Å². The van der Waals surface area contributed by atoms with Crippen LogP contribution in [0.15, 0.2) is 18.2 Å². The summed E-state index contributed by atoms with van der Waals surface area (Å²) in [5.41, 5.74) is 3.77. The predicted octanol–water partition coefficient (Wildman–Crippen LogP) is 0.924. The molecule has 6 nitrogen and oxygen atoms in total. The third-order valence-corrected chi connectivity index (χ3v) is 4.44. The predicted molar refractivity (Wildman–Crippen MR) is 96.2 cm³/mol. The third kappa shape index (κ3) is 4.26. The van der Waals surface area contributed by atoms with Crippen LogP contribution >= 0.6 is 0 Å². The fourth-order valence-electron chi connectivity index (χ4n) is 2.98. The van der Waals surface area contributed by atoms with Crippen LogP contribution in [0.25, 0.3) is 0 Å². The van der Waals surface area contributed by atoms with Crippen molar-refractivity contribution in [3.8, 4) is 0 Å². The standard InChI is InChI=1S/C18H28N4O2/c1-5-9-19-17(23)18(24)20-12-16(21(2)3)13-6-7-15-14(11-13)8-10-22(15)4/h6-7,11,16H,5,8-10,12H2,1-4H3,(H,19,23)(H,20,24)/t16-/m0/s1. The highest BCUT2D eigenvalue weighted by Gasteiger charge is 2.21. The van der Waals surface area contributed by atoms with Crippen molar-refractivity contribution in [3.05, 3.63) is 29.3 Å². The van der Waals surface area contributed by atoms with Gasteiger partial charge in [0.15, 0.2) is 0 Å². The fraction of sp³-hybridized carbons (Fsp3) is 0.556. The number of amides is 2. The van der Waals surface area contributed by atoms with Crippen LogP contribution in [-0.4, -0.2) is 57.5 Å². The lowest BCUT2D eigenvalue weighted by molar-refractivity contribution is -0.139. The van der Waals surface area contributed by atoms with Gasteiger partial charge in [-0.05, 0) is 44.1 Å². The summed E-state index contributed by atoms with van der Waals surface area (Å²) in [7, 11) is 6.06. The van der Waals surface area contributed by atoms with E-state index in [1.807, 2.05) is 21.0 Å². The maximum Gasteiger partial charge on any atom is 0.309 e. The van der Waals surface area contributed by atoms with E-state index < -0.39 is 11.8 Å². The number of fused-ring (bicyclic) bond motifs is 1. The number of hydrogen-bond donors (Lipinski definition) is 2. The molecule has 1 heterocycles. The lowest BCUT2D eigenvalue weighted by Gasteiger charge is -2.26. The fourth-order valence-corrected chi connectivity index (χ4v) is 2.98. The highest BCUT2D eigenvalue weighted by molar-refractivity contribution is 6.35. The molecule has 1 atom stereocenters. The highest BCUT2D eigenvalue weighted by Crippen LogP contribution is 2.30. The summed E-state index contributed by atoms with van der Waals surface area (Å²) in [4.78, 5) is 27.9. The van der Waals surface area contributed by atoms with Gasteiger partial charge in [0.1, 0.15) is 0 Å². The van der Waals surface area contributed by atoms with Crippen molar-refractivity contribution in [1.29, 1.82) is 0 Å². The molecule has 0 fully saturated rings. The van der Waals surface area contributed by atoms with Crippen LogP contribution in [-0.2, 0) is 16.0 Å². The monoisotopic (exact) mass is 332 g/mol. The average molecular weight is 332 g/mol. The van der Waals surface area contributed by atoms with E-state index in [0.717, 1.165) is 24.9 Å². The number of rotatable bonds is 6. The molecule has 132 valence electrons. The summed E-state index contributed by atoms with van der Waals surface area (Å²) in [5.74, 6) is -1.14. The van der Waals surface area contributed by atoms with E-state index in [4.69, 9.17) is 0 Å². The minimum Gasteiger partial charge on any atom is -0.374 e. The van der Waals surface area contributed by atoms with Crippen molar-refractivity contribution >= 4 is 17.5 Å². The molecule has 2 rings (SSSR count). The zero-order valence-corrected chi connectivity index (χ0v) is 15.1. The Balaban J connectivity index is 2.02. The van der Waals surface area contributed by atoms with Crippen LogP contribution in [0.1, 0.15) is 30.5 Å². The molecule has 6 heteroatoms. The molecule has 0 saturated carbocycles. The second-order valence-corrected chi connectivity index (χ2v) is 6.51. The summed E-state index contributed by atoms with van der Waals surface area (Å²) in [6.07, 6.45) is 1.86. The summed E-state index contributed by atoms with van der Waals surface area (Å²) >= 11 is 0. The van der Waals surface area contributed by atoms with E-state index in [2.05, 4.69) is 45.7 Å². The maximum atomic E-state index is 11.9. The number of nitrogens with zero attached hydrogens (tertiary/aromatic N) is 2. The molecule has 1 aromatic carbocycles. The minimum absolute atomic E-state index is 0.0316. The molecular formula is C18H28N4O2. The molecule has 2 N–H and O–H groups in total. The van der Waals surface area contributed by atoms with Crippen molar-refractivity contribution in [2.45, 2.75) is 25.8 Å². The van der Waals surface area contributed by atoms with Crippen molar-refractivity contribution < 1.29 is 9.59 Å². The van der Waals surface area contributed by atoms with Gasteiger partial charge in [-0.3, -0.25) is 9.59 Å². The van der Waals surface area contributed by atoms with Crippen molar-refractivity contribution in [2.24, 2.45) is 0 Å². The van der Waals surface area contributed by atoms with Gasteiger partial charge in [0, 0.05) is 32.4 Å². The number of carbonyl (C=O) groups excluding carboxylic acids is 2. The van der Waals surface area contributed by atoms with Gasteiger partial charge in [0.05, 0.1) is 6.04 Å². The van der Waals surface area contributed by atoms with Gasteiger partial charge in [-0.2, -0.15) is 0 Å².